The molecule has 0 spiro atoms. The number of allylic oxidation sites excluding steroid dienone is 2. The van der Waals surface area contributed by atoms with Gasteiger partial charge in [-0.25, -0.2) is 5.11 Å². The molecule has 117 valence electrons. The van der Waals surface area contributed by atoms with Gasteiger partial charge >= 0.3 is 11.9 Å². The van der Waals surface area contributed by atoms with Crippen molar-refractivity contribution in [3.63, 3.8) is 0 Å². The molecule has 0 fully saturated rings. The maximum Gasteiger partial charge on any atom is 0.313 e. The molecule has 5 nitrogen and oxygen atoms in total. The molecule has 0 aromatic heterocycles. The number of esters is 2. The van der Waals surface area contributed by atoms with E-state index in [4.69, 9.17) is 4.74 Å². The Morgan fingerprint density at radius 2 is 1.86 bits per heavy atom. The SMILES string of the molecule is COC(=O)C1C=C(CCC=C(C)C)C([O])CC1C(=O)OC. The van der Waals surface area contributed by atoms with Gasteiger partial charge in [0.25, 0.3) is 0 Å². The van der Waals surface area contributed by atoms with Gasteiger partial charge in [-0.05, 0) is 38.7 Å². The highest BCUT2D eigenvalue weighted by atomic mass is 16.5. The number of ether oxygens (including phenoxy) is 2. The minimum Gasteiger partial charge on any atom is -0.469 e. The summed E-state index contributed by atoms with van der Waals surface area (Å²) < 4.78 is 9.42. The molecule has 0 bridgehead atoms. The molecule has 0 saturated heterocycles. The minimum absolute atomic E-state index is 0.0765. The number of hydrogen-bond donors (Lipinski definition) is 0. The second-order valence-electron chi connectivity index (χ2n) is 5.46. The molecule has 1 radical (unpaired) electrons. The lowest BCUT2D eigenvalue weighted by molar-refractivity contribution is -0.157. The van der Waals surface area contributed by atoms with Crippen LogP contribution in [0.1, 0.15) is 33.1 Å². The third-order valence-corrected chi connectivity index (χ3v) is 3.67. The van der Waals surface area contributed by atoms with Crippen LogP contribution in [0.25, 0.3) is 0 Å². The van der Waals surface area contributed by atoms with Crippen molar-refractivity contribution in [1.29, 1.82) is 0 Å². The molecular formula is C16H23O5. The first-order valence-corrected chi connectivity index (χ1v) is 7.06. The maximum atomic E-state index is 12.2. The number of hydrogen-bond acceptors (Lipinski definition) is 4. The van der Waals surface area contributed by atoms with Gasteiger partial charge in [0.15, 0.2) is 0 Å². The predicted molar refractivity (Wildman–Crippen MR) is 76.9 cm³/mol. The third-order valence-electron chi connectivity index (χ3n) is 3.67. The average molecular weight is 295 g/mol. The van der Waals surface area contributed by atoms with Gasteiger partial charge in [0.2, 0.25) is 0 Å². The van der Waals surface area contributed by atoms with Crippen LogP contribution in [0, 0.1) is 11.8 Å². The van der Waals surface area contributed by atoms with Crippen molar-refractivity contribution in [2.75, 3.05) is 14.2 Å². The van der Waals surface area contributed by atoms with Gasteiger partial charge in [0.05, 0.1) is 26.1 Å². The first kappa shape index (κ1) is 17.4. The molecule has 0 heterocycles. The van der Waals surface area contributed by atoms with Crippen molar-refractivity contribution in [2.24, 2.45) is 11.8 Å². The quantitative estimate of drug-likeness (QED) is 0.577. The Kier molecular flexibility index (Phi) is 6.62. The largest absolute Gasteiger partial charge is 0.469 e. The molecule has 0 aromatic carbocycles. The molecule has 3 atom stereocenters. The minimum atomic E-state index is -0.972. The average Bonchev–Trinajstić information content (AvgIpc) is 2.46. The Labute approximate surface area is 125 Å². The maximum absolute atomic E-state index is 12.2. The predicted octanol–water partition coefficient (Wildman–Crippen LogP) is 2.44. The number of carbonyl (C=O) groups excluding carboxylic acids is 2. The van der Waals surface area contributed by atoms with Crippen molar-refractivity contribution >= 4 is 11.9 Å². The van der Waals surface area contributed by atoms with Crippen LogP contribution < -0.4 is 0 Å². The van der Waals surface area contributed by atoms with E-state index in [0.717, 1.165) is 6.42 Å². The summed E-state index contributed by atoms with van der Waals surface area (Å²) in [7, 11) is 2.53. The summed E-state index contributed by atoms with van der Waals surface area (Å²) in [5.74, 6) is -2.52. The fourth-order valence-corrected chi connectivity index (χ4v) is 2.52. The topological polar surface area (TPSA) is 72.5 Å². The summed E-state index contributed by atoms with van der Waals surface area (Å²) >= 11 is 0. The first-order chi connectivity index (χ1) is 9.90. The van der Waals surface area contributed by atoms with Crippen molar-refractivity contribution < 1.29 is 24.2 Å². The molecule has 3 unspecified atom stereocenters. The molecule has 1 aliphatic rings. The second kappa shape index (κ2) is 7.98. The first-order valence-electron chi connectivity index (χ1n) is 7.06. The van der Waals surface area contributed by atoms with E-state index in [-0.39, 0.29) is 6.42 Å². The van der Waals surface area contributed by atoms with Gasteiger partial charge in [-0.2, -0.15) is 0 Å². The number of carbonyl (C=O) groups is 2. The van der Waals surface area contributed by atoms with Gasteiger partial charge < -0.3 is 9.47 Å². The van der Waals surface area contributed by atoms with Gasteiger partial charge in [0.1, 0.15) is 6.10 Å². The molecule has 1 rings (SSSR count). The van der Waals surface area contributed by atoms with Gasteiger partial charge in [-0.15, -0.1) is 0 Å². The number of methoxy groups -OCH3 is 2. The zero-order valence-corrected chi connectivity index (χ0v) is 13.0. The van der Waals surface area contributed by atoms with E-state index in [2.05, 4.69) is 4.74 Å². The second-order valence-corrected chi connectivity index (χ2v) is 5.46. The highest BCUT2D eigenvalue weighted by Crippen LogP contribution is 2.33. The standard InChI is InChI=1S/C16H23O5/c1-10(2)6-5-7-11-8-12(15(18)20-3)13(9-14(11)17)16(19)21-4/h6,8,12-14H,5,7,9H2,1-4H3. The fraction of sp³-hybridized carbons (Fsp3) is 0.625. The van der Waals surface area contributed by atoms with Gasteiger partial charge in [-0.3, -0.25) is 9.59 Å². The van der Waals surface area contributed by atoms with Crippen LogP contribution in [0.15, 0.2) is 23.3 Å². The summed E-state index contributed by atoms with van der Waals surface area (Å²) in [5.41, 5.74) is 1.86. The van der Waals surface area contributed by atoms with Crippen molar-refractivity contribution in [2.45, 2.75) is 39.2 Å². The van der Waals surface area contributed by atoms with E-state index < -0.39 is 29.9 Å². The summed E-state index contributed by atoms with van der Waals surface area (Å²) in [4.78, 5) is 23.6. The molecule has 21 heavy (non-hydrogen) atoms. The molecule has 5 heteroatoms. The van der Waals surface area contributed by atoms with Crippen LogP contribution in [0.4, 0.5) is 0 Å². The fourth-order valence-electron chi connectivity index (χ4n) is 2.52. The lowest BCUT2D eigenvalue weighted by atomic mass is 9.78. The lowest BCUT2D eigenvalue weighted by Crippen LogP contribution is -2.37. The van der Waals surface area contributed by atoms with E-state index in [9.17, 15) is 14.7 Å². The Morgan fingerprint density at radius 3 is 2.38 bits per heavy atom. The van der Waals surface area contributed by atoms with E-state index >= 15 is 0 Å². The van der Waals surface area contributed by atoms with Crippen LogP contribution in [0.2, 0.25) is 0 Å². The van der Waals surface area contributed by atoms with Crippen LogP contribution >= 0.6 is 0 Å². The van der Waals surface area contributed by atoms with Crippen LogP contribution in [0.3, 0.4) is 0 Å². The van der Waals surface area contributed by atoms with Gasteiger partial charge in [0, 0.05) is 0 Å². The Hall–Kier alpha value is -1.62. The highest BCUT2D eigenvalue weighted by molar-refractivity contribution is 5.84. The van der Waals surface area contributed by atoms with Crippen LogP contribution in [-0.2, 0) is 24.2 Å². The van der Waals surface area contributed by atoms with E-state index in [1.165, 1.54) is 19.8 Å². The molecule has 1 aliphatic carbocycles. The molecule has 0 saturated carbocycles. The highest BCUT2D eigenvalue weighted by Gasteiger charge is 2.40. The Morgan fingerprint density at radius 1 is 1.24 bits per heavy atom. The summed E-state index contributed by atoms with van der Waals surface area (Å²) in [6.07, 6.45) is 4.11. The lowest BCUT2D eigenvalue weighted by Gasteiger charge is -2.29. The zero-order chi connectivity index (χ0) is 16.0. The summed E-state index contributed by atoms with van der Waals surface area (Å²) in [6.45, 7) is 3.99. The van der Waals surface area contributed by atoms with Gasteiger partial charge in [-0.1, -0.05) is 17.7 Å². The normalized spacial score (nSPS) is 24.8. The van der Waals surface area contributed by atoms with Crippen molar-refractivity contribution in [1.82, 2.24) is 0 Å². The molecular weight excluding hydrogens is 272 g/mol. The van der Waals surface area contributed by atoms with E-state index in [0.29, 0.717) is 12.0 Å². The zero-order valence-electron chi connectivity index (χ0n) is 13.0. The van der Waals surface area contributed by atoms with Crippen molar-refractivity contribution in [3.05, 3.63) is 23.3 Å². The van der Waals surface area contributed by atoms with Crippen LogP contribution in [-0.4, -0.2) is 32.3 Å². The molecule has 0 amide bonds. The van der Waals surface area contributed by atoms with Crippen LogP contribution in [0.5, 0.6) is 0 Å². The molecule has 0 aromatic rings. The molecule has 0 aliphatic heterocycles. The molecule has 0 N–H and O–H groups in total. The smallest absolute Gasteiger partial charge is 0.313 e. The summed E-state index contributed by atoms with van der Waals surface area (Å²) in [6, 6.07) is 0. The third kappa shape index (κ3) is 4.70. The number of rotatable bonds is 5. The van der Waals surface area contributed by atoms with E-state index in [1.807, 2.05) is 19.9 Å². The van der Waals surface area contributed by atoms with Crippen molar-refractivity contribution in [3.8, 4) is 0 Å². The Bertz CT molecular complexity index is 446. The monoisotopic (exact) mass is 295 g/mol. The Balaban J connectivity index is 2.94. The summed E-state index contributed by atoms with van der Waals surface area (Å²) in [5, 5.41) is 12.2. The van der Waals surface area contributed by atoms with E-state index in [1.54, 1.807) is 6.08 Å².